The van der Waals surface area contributed by atoms with Crippen molar-refractivity contribution >= 4 is 27.3 Å². The van der Waals surface area contributed by atoms with Crippen molar-refractivity contribution in [2.75, 3.05) is 31.7 Å². The summed E-state index contributed by atoms with van der Waals surface area (Å²) in [5.74, 6) is 0.642. The number of ether oxygens (including phenoxy) is 2. The predicted octanol–water partition coefficient (Wildman–Crippen LogP) is 1.16. The quantitative estimate of drug-likeness (QED) is 0.727. The lowest BCUT2D eigenvalue weighted by Gasteiger charge is -2.19. The van der Waals surface area contributed by atoms with Gasteiger partial charge in [-0.1, -0.05) is 11.6 Å². The summed E-state index contributed by atoms with van der Waals surface area (Å²) in [7, 11) is -3.12. The molecular weight excluding hydrogens is 368 g/mol. The third-order valence-electron chi connectivity index (χ3n) is 4.47. The van der Waals surface area contributed by atoms with E-state index < -0.39 is 9.84 Å². The fourth-order valence-electron chi connectivity index (χ4n) is 3.26. The molecule has 7 nitrogen and oxygen atoms in total. The maximum absolute atomic E-state index is 12.1. The zero-order chi connectivity index (χ0) is 18.0. The van der Waals surface area contributed by atoms with E-state index in [4.69, 9.17) is 21.1 Å². The fourth-order valence-corrected chi connectivity index (χ4v) is 3.97. The van der Waals surface area contributed by atoms with Gasteiger partial charge >= 0.3 is 0 Å². The highest BCUT2D eigenvalue weighted by molar-refractivity contribution is 7.90. The van der Waals surface area contributed by atoms with Crippen molar-refractivity contribution in [2.24, 2.45) is 5.92 Å². The largest absolute Gasteiger partial charge is 0.489 e. The van der Waals surface area contributed by atoms with Crippen LogP contribution in [0.25, 0.3) is 0 Å². The number of fused-ring (bicyclic) bond motifs is 1. The summed E-state index contributed by atoms with van der Waals surface area (Å²) in [5, 5.41) is 0.518. The van der Waals surface area contributed by atoms with Gasteiger partial charge in [0.2, 0.25) is 5.91 Å². The lowest BCUT2D eigenvalue weighted by atomic mass is 10.0. The lowest BCUT2D eigenvalue weighted by Crippen LogP contribution is -2.33. The minimum absolute atomic E-state index is 0.00623. The maximum atomic E-state index is 12.1. The van der Waals surface area contributed by atoms with Crippen LogP contribution in [0, 0.1) is 5.92 Å². The van der Waals surface area contributed by atoms with E-state index in [1.807, 2.05) is 0 Å². The Bertz CT molecular complexity index is 728. The van der Waals surface area contributed by atoms with E-state index in [1.54, 1.807) is 23.4 Å². The number of aromatic nitrogens is 1. The molecule has 0 bridgehead atoms. The molecule has 2 saturated heterocycles. The normalized spacial score (nSPS) is 25.8. The number of amides is 1. The molecule has 3 rings (SSSR count). The number of likely N-dealkylation sites (tertiary alicyclic amines) is 1. The molecule has 1 amide bonds. The van der Waals surface area contributed by atoms with Crippen LogP contribution in [0.1, 0.15) is 12.8 Å². The molecule has 9 heteroatoms. The number of rotatable bonds is 6. The van der Waals surface area contributed by atoms with Crippen molar-refractivity contribution in [3.8, 4) is 5.75 Å². The van der Waals surface area contributed by atoms with E-state index >= 15 is 0 Å². The summed E-state index contributed by atoms with van der Waals surface area (Å²) in [6.45, 7) is 1.54. The molecule has 3 heterocycles. The highest BCUT2D eigenvalue weighted by Gasteiger charge is 2.43. The van der Waals surface area contributed by atoms with Gasteiger partial charge in [0.15, 0.2) is 0 Å². The van der Waals surface area contributed by atoms with Crippen molar-refractivity contribution in [2.45, 2.75) is 25.0 Å². The van der Waals surface area contributed by atoms with Crippen LogP contribution in [0.5, 0.6) is 5.75 Å². The molecule has 2 aliphatic heterocycles. The Kier molecular flexibility index (Phi) is 5.50. The highest BCUT2D eigenvalue weighted by Crippen LogP contribution is 2.33. The molecule has 138 valence electrons. The van der Waals surface area contributed by atoms with Gasteiger partial charge in [-0.2, -0.15) is 0 Å². The van der Waals surface area contributed by atoms with Gasteiger partial charge in [0.25, 0.3) is 0 Å². The molecule has 0 spiro atoms. The Balaban J connectivity index is 1.44. The Hall–Kier alpha value is -1.38. The van der Waals surface area contributed by atoms with Gasteiger partial charge in [-0.25, -0.2) is 8.42 Å². The summed E-state index contributed by atoms with van der Waals surface area (Å²) in [6, 6.07) is 1.70. The highest BCUT2D eigenvalue weighted by atomic mass is 35.5. The second-order valence-electron chi connectivity index (χ2n) is 6.62. The number of sulfone groups is 1. The van der Waals surface area contributed by atoms with Crippen molar-refractivity contribution in [3.05, 3.63) is 23.5 Å². The summed E-state index contributed by atoms with van der Waals surface area (Å²) in [6.07, 6.45) is 5.10. The van der Waals surface area contributed by atoms with Gasteiger partial charge in [-0.3, -0.25) is 9.78 Å². The van der Waals surface area contributed by atoms with Crippen LogP contribution < -0.4 is 4.74 Å². The SMILES string of the molecule is CS(=O)(=O)CCC(=O)N1C[C@@H]2C[C@@H](COc3cncc(Cl)c3)O[C@@H]2C1. The van der Waals surface area contributed by atoms with Gasteiger partial charge in [-0.15, -0.1) is 0 Å². The number of hydrogen-bond acceptors (Lipinski definition) is 6. The molecule has 0 unspecified atom stereocenters. The summed E-state index contributed by atoms with van der Waals surface area (Å²) >= 11 is 5.87. The van der Waals surface area contributed by atoms with Gasteiger partial charge in [0, 0.05) is 43.9 Å². The standard InChI is InChI=1S/C16H21ClN2O5S/c1-25(21,22)3-2-16(20)19-8-11-4-14(24-15(11)9-19)10-23-13-5-12(17)6-18-7-13/h5-7,11,14-15H,2-4,8-10H2,1H3/t11-,14-,15+/m0/s1. The van der Waals surface area contributed by atoms with Gasteiger partial charge < -0.3 is 14.4 Å². The molecule has 2 aliphatic rings. The van der Waals surface area contributed by atoms with Crippen LogP contribution in [0.15, 0.2) is 18.5 Å². The predicted molar refractivity (Wildman–Crippen MR) is 92.4 cm³/mol. The first kappa shape index (κ1) is 18.4. The van der Waals surface area contributed by atoms with Crippen molar-refractivity contribution in [1.29, 1.82) is 0 Å². The average molecular weight is 389 g/mol. The number of pyridine rings is 1. The van der Waals surface area contributed by atoms with Gasteiger partial charge in [0.05, 0.1) is 29.2 Å². The van der Waals surface area contributed by atoms with E-state index in [-0.39, 0.29) is 36.2 Å². The third kappa shape index (κ3) is 5.05. The lowest BCUT2D eigenvalue weighted by molar-refractivity contribution is -0.130. The van der Waals surface area contributed by atoms with Crippen LogP contribution in [0.2, 0.25) is 5.02 Å². The zero-order valence-electron chi connectivity index (χ0n) is 13.9. The minimum atomic E-state index is -3.12. The van der Waals surface area contributed by atoms with E-state index in [0.717, 1.165) is 12.7 Å². The number of carbonyl (C=O) groups excluding carboxylic acids is 1. The summed E-state index contributed by atoms with van der Waals surface area (Å²) in [4.78, 5) is 17.8. The number of carbonyl (C=O) groups is 1. The second-order valence-corrected chi connectivity index (χ2v) is 9.32. The van der Waals surface area contributed by atoms with Crippen molar-refractivity contribution < 1.29 is 22.7 Å². The van der Waals surface area contributed by atoms with Crippen molar-refractivity contribution in [1.82, 2.24) is 9.88 Å². The van der Waals surface area contributed by atoms with Crippen LogP contribution in [0.3, 0.4) is 0 Å². The first-order valence-corrected chi connectivity index (χ1v) is 10.6. The minimum Gasteiger partial charge on any atom is -0.489 e. The van der Waals surface area contributed by atoms with E-state index in [9.17, 15) is 13.2 Å². The molecule has 0 aromatic carbocycles. The number of halogens is 1. The first-order valence-electron chi connectivity index (χ1n) is 8.14. The molecule has 25 heavy (non-hydrogen) atoms. The smallest absolute Gasteiger partial charge is 0.223 e. The van der Waals surface area contributed by atoms with Gasteiger partial charge in [0.1, 0.15) is 22.2 Å². The Morgan fingerprint density at radius 1 is 1.44 bits per heavy atom. The topological polar surface area (TPSA) is 85.8 Å². The van der Waals surface area contributed by atoms with E-state index in [0.29, 0.717) is 30.5 Å². The monoisotopic (exact) mass is 388 g/mol. The molecule has 0 saturated carbocycles. The molecule has 1 aromatic rings. The Morgan fingerprint density at radius 2 is 2.24 bits per heavy atom. The van der Waals surface area contributed by atoms with Crippen LogP contribution in [-0.2, 0) is 19.4 Å². The molecule has 1 aromatic heterocycles. The van der Waals surface area contributed by atoms with Crippen molar-refractivity contribution in [3.63, 3.8) is 0 Å². The maximum Gasteiger partial charge on any atom is 0.223 e. The average Bonchev–Trinajstić information content (AvgIpc) is 3.08. The van der Waals surface area contributed by atoms with Gasteiger partial charge in [-0.05, 0) is 6.42 Å². The molecular formula is C16H21ClN2O5S. The van der Waals surface area contributed by atoms with E-state index in [1.165, 1.54) is 0 Å². The molecule has 0 radical (unpaired) electrons. The third-order valence-corrected chi connectivity index (χ3v) is 5.62. The first-order chi connectivity index (χ1) is 11.8. The second kappa shape index (κ2) is 7.47. The fraction of sp³-hybridized carbons (Fsp3) is 0.625. The molecule has 2 fully saturated rings. The molecule has 0 N–H and O–H groups in total. The van der Waals surface area contributed by atoms with Crippen LogP contribution in [0.4, 0.5) is 0 Å². The van der Waals surface area contributed by atoms with Crippen LogP contribution >= 0.6 is 11.6 Å². The molecule has 0 aliphatic carbocycles. The Labute approximate surface area is 152 Å². The Morgan fingerprint density at radius 3 is 2.92 bits per heavy atom. The molecule has 3 atom stereocenters. The number of nitrogens with zero attached hydrogens (tertiary/aromatic N) is 2. The van der Waals surface area contributed by atoms with Crippen LogP contribution in [-0.4, -0.2) is 68.1 Å². The summed E-state index contributed by atoms with van der Waals surface area (Å²) < 4.78 is 34.0. The number of hydrogen-bond donors (Lipinski definition) is 0. The van der Waals surface area contributed by atoms with E-state index in [2.05, 4.69) is 4.98 Å². The zero-order valence-corrected chi connectivity index (χ0v) is 15.5. The summed E-state index contributed by atoms with van der Waals surface area (Å²) in [5.41, 5.74) is 0.